The fraction of sp³-hybridized carbons (Fsp3) is 1.00. The molecular formula is C19H38O2Si. The molecule has 2 fully saturated rings. The van der Waals surface area contributed by atoms with Gasteiger partial charge in [-0.2, -0.15) is 0 Å². The molecule has 0 spiro atoms. The molecule has 130 valence electrons. The third-order valence-electron chi connectivity index (χ3n) is 6.72. The van der Waals surface area contributed by atoms with Crippen LogP contribution in [0.2, 0.25) is 19.1 Å². The minimum Gasteiger partial charge on any atom is -0.417 e. The molecule has 5 atom stereocenters. The number of unbranched alkanes of at least 4 members (excludes halogenated alkanes) is 1. The van der Waals surface area contributed by atoms with Crippen LogP contribution in [0.3, 0.4) is 0 Å². The van der Waals surface area contributed by atoms with Crippen LogP contribution in [-0.2, 0) is 4.43 Å². The van der Waals surface area contributed by atoms with Gasteiger partial charge in [-0.25, -0.2) is 0 Å². The van der Waals surface area contributed by atoms with Crippen LogP contribution in [0.5, 0.6) is 0 Å². The van der Waals surface area contributed by atoms with E-state index in [-0.39, 0.29) is 6.10 Å². The van der Waals surface area contributed by atoms with Gasteiger partial charge in [0.15, 0.2) is 8.32 Å². The lowest BCUT2D eigenvalue weighted by atomic mass is 9.62. The number of rotatable bonds is 7. The molecule has 0 amide bonds. The minimum atomic E-state index is -1.47. The lowest BCUT2D eigenvalue weighted by Gasteiger charge is -2.45. The van der Waals surface area contributed by atoms with Crippen LogP contribution in [0.25, 0.3) is 0 Å². The standard InChI is InChI=1S/C19H38O2Si/c1-6-7-13-22(4,5)21-14-15(2)16-10-11-17-18(20)9-8-12-19(16,17)3/h15-18,20H,6-14H2,1-5H3/t15-,16-,17?,18?,19-/m1/s1. The van der Waals surface area contributed by atoms with Crippen molar-refractivity contribution in [3.8, 4) is 0 Å². The number of hydrogen-bond donors (Lipinski definition) is 1. The van der Waals surface area contributed by atoms with Gasteiger partial charge in [-0.3, -0.25) is 0 Å². The summed E-state index contributed by atoms with van der Waals surface area (Å²) in [6, 6.07) is 1.29. The Morgan fingerprint density at radius 2 is 2.00 bits per heavy atom. The highest BCUT2D eigenvalue weighted by Crippen LogP contribution is 2.57. The van der Waals surface area contributed by atoms with E-state index in [0.29, 0.717) is 17.3 Å². The Balaban J connectivity index is 1.91. The number of fused-ring (bicyclic) bond motifs is 1. The van der Waals surface area contributed by atoms with E-state index in [0.717, 1.165) is 18.9 Å². The first-order chi connectivity index (χ1) is 10.3. The number of hydrogen-bond acceptors (Lipinski definition) is 2. The Kier molecular flexibility index (Phi) is 6.18. The topological polar surface area (TPSA) is 29.5 Å². The van der Waals surface area contributed by atoms with Crippen molar-refractivity contribution in [2.24, 2.45) is 23.2 Å². The fourth-order valence-corrected chi connectivity index (χ4v) is 7.34. The third kappa shape index (κ3) is 3.96. The van der Waals surface area contributed by atoms with Gasteiger partial charge >= 0.3 is 0 Å². The summed E-state index contributed by atoms with van der Waals surface area (Å²) >= 11 is 0. The SMILES string of the molecule is CCCC[Si](C)(C)OC[C@@H](C)[C@H]1CCC2C(O)CCC[C@@]21C. The van der Waals surface area contributed by atoms with E-state index < -0.39 is 8.32 Å². The van der Waals surface area contributed by atoms with Gasteiger partial charge in [-0.05, 0) is 68.0 Å². The molecular weight excluding hydrogens is 288 g/mol. The van der Waals surface area contributed by atoms with Crippen molar-refractivity contribution in [3.63, 3.8) is 0 Å². The summed E-state index contributed by atoms with van der Waals surface area (Å²) in [6.45, 7) is 12.8. The Bertz CT molecular complexity index is 357. The molecule has 0 bridgehead atoms. The van der Waals surface area contributed by atoms with Crippen molar-refractivity contribution in [1.82, 2.24) is 0 Å². The van der Waals surface area contributed by atoms with E-state index in [1.165, 1.54) is 44.6 Å². The molecule has 1 N–H and O–H groups in total. The zero-order chi connectivity index (χ0) is 16.4. The van der Waals surface area contributed by atoms with Gasteiger partial charge < -0.3 is 9.53 Å². The second-order valence-corrected chi connectivity index (χ2v) is 13.2. The van der Waals surface area contributed by atoms with E-state index >= 15 is 0 Å². The van der Waals surface area contributed by atoms with E-state index in [2.05, 4.69) is 33.9 Å². The molecule has 22 heavy (non-hydrogen) atoms. The van der Waals surface area contributed by atoms with Gasteiger partial charge in [0.1, 0.15) is 0 Å². The van der Waals surface area contributed by atoms with E-state index in [1.807, 2.05) is 0 Å². The lowest BCUT2D eigenvalue weighted by molar-refractivity contribution is -0.0313. The maximum atomic E-state index is 10.4. The third-order valence-corrected chi connectivity index (χ3v) is 9.22. The Labute approximate surface area is 139 Å². The Hall–Kier alpha value is 0.137. The van der Waals surface area contributed by atoms with Crippen molar-refractivity contribution in [2.75, 3.05) is 6.61 Å². The number of aliphatic hydroxyl groups is 1. The van der Waals surface area contributed by atoms with Crippen LogP contribution >= 0.6 is 0 Å². The van der Waals surface area contributed by atoms with Crippen LogP contribution in [0.1, 0.15) is 65.7 Å². The maximum absolute atomic E-state index is 10.4. The molecule has 2 rings (SSSR count). The Morgan fingerprint density at radius 3 is 2.68 bits per heavy atom. The highest BCUT2D eigenvalue weighted by molar-refractivity contribution is 6.71. The van der Waals surface area contributed by atoms with Gasteiger partial charge in [0.05, 0.1) is 6.10 Å². The largest absolute Gasteiger partial charge is 0.417 e. The van der Waals surface area contributed by atoms with E-state index in [4.69, 9.17) is 4.43 Å². The van der Waals surface area contributed by atoms with Gasteiger partial charge in [0.2, 0.25) is 0 Å². The molecule has 0 heterocycles. The summed E-state index contributed by atoms with van der Waals surface area (Å²) in [5, 5.41) is 10.4. The predicted octanol–water partition coefficient (Wildman–Crippen LogP) is 5.22. The molecule has 2 aliphatic rings. The van der Waals surface area contributed by atoms with Crippen molar-refractivity contribution in [3.05, 3.63) is 0 Å². The van der Waals surface area contributed by atoms with Crippen molar-refractivity contribution >= 4 is 8.32 Å². The lowest BCUT2D eigenvalue weighted by Crippen LogP contribution is -2.43. The number of aliphatic hydroxyl groups excluding tert-OH is 1. The van der Waals surface area contributed by atoms with Gasteiger partial charge in [-0.1, -0.05) is 40.0 Å². The van der Waals surface area contributed by atoms with Crippen LogP contribution in [-0.4, -0.2) is 26.1 Å². The zero-order valence-electron chi connectivity index (χ0n) is 15.5. The van der Waals surface area contributed by atoms with E-state index in [9.17, 15) is 5.11 Å². The molecule has 2 saturated carbocycles. The summed E-state index contributed by atoms with van der Waals surface area (Å²) in [5.41, 5.74) is 0.357. The summed E-state index contributed by atoms with van der Waals surface area (Å²) in [5.74, 6) is 1.91. The summed E-state index contributed by atoms with van der Waals surface area (Å²) < 4.78 is 6.43. The first-order valence-electron chi connectivity index (χ1n) is 9.62. The molecule has 0 aliphatic heterocycles. The normalized spacial score (nSPS) is 37.1. The average molecular weight is 327 g/mol. The molecule has 0 radical (unpaired) electrons. The first kappa shape index (κ1) is 18.5. The Morgan fingerprint density at radius 1 is 1.27 bits per heavy atom. The highest BCUT2D eigenvalue weighted by atomic mass is 28.4. The van der Waals surface area contributed by atoms with Crippen LogP contribution in [0, 0.1) is 23.2 Å². The summed E-state index contributed by atoms with van der Waals surface area (Å²) in [6.07, 6.45) is 8.58. The monoisotopic (exact) mass is 326 g/mol. The smallest absolute Gasteiger partial charge is 0.186 e. The average Bonchev–Trinajstić information content (AvgIpc) is 2.81. The molecule has 0 aromatic rings. The zero-order valence-corrected chi connectivity index (χ0v) is 16.5. The maximum Gasteiger partial charge on any atom is 0.186 e. The van der Waals surface area contributed by atoms with Gasteiger partial charge in [0.25, 0.3) is 0 Å². The molecule has 0 aromatic heterocycles. The predicted molar refractivity (Wildman–Crippen MR) is 96.5 cm³/mol. The summed E-state index contributed by atoms with van der Waals surface area (Å²) in [7, 11) is -1.47. The van der Waals surface area contributed by atoms with Crippen molar-refractivity contribution in [1.29, 1.82) is 0 Å². The van der Waals surface area contributed by atoms with Crippen molar-refractivity contribution < 1.29 is 9.53 Å². The fourth-order valence-electron chi connectivity index (χ4n) is 5.27. The quantitative estimate of drug-likeness (QED) is 0.650. The molecule has 2 unspecified atom stereocenters. The minimum absolute atomic E-state index is 0.0489. The van der Waals surface area contributed by atoms with E-state index in [1.54, 1.807) is 0 Å². The molecule has 2 nitrogen and oxygen atoms in total. The van der Waals surface area contributed by atoms with Crippen LogP contribution in [0.15, 0.2) is 0 Å². The van der Waals surface area contributed by atoms with Crippen molar-refractivity contribution in [2.45, 2.75) is 91.0 Å². The van der Waals surface area contributed by atoms with Gasteiger partial charge in [0, 0.05) is 6.61 Å². The second kappa shape index (κ2) is 7.35. The molecule has 2 aliphatic carbocycles. The second-order valence-electron chi connectivity index (χ2n) is 8.91. The molecule has 0 saturated heterocycles. The molecule has 0 aromatic carbocycles. The van der Waals surface area contributed by atoms with Crippen LogP contribution in [0.4, 0.5) is 0 Å². The summed E-state index contributed by atoms with van der Waals surface area (Å²) in [4.78, 5) is 0. The highest BCUT2D eigenvalue weighted by Gasteiger charge is 2.52. The van der Waals surface area contributed by atoms with Gasteiger partial charge in [-0.15, -0.1) is 0 Å². The van der Waals surface area contributed by atoms with Crippen LogP contribution < -0.4 is 0 Å². The molecule has 3 heteroatoms. The first-order valence-corrected chi connectivity index (χ1v) is 12.7.